The van der Waals surface area contributed by atoms with E-state index in [-0.39, 0.29) is 0 Å². The maximum atomic E-state index is 4.93. The summed E-state index contributed by atoms with van der Waals surface area (Å²) < 4.78 is 4.95. The molecule has 8 aromatic rings. The lowest BCUT2D eigenvalue weighted by Crippen LogP contribution is -2.09. The second-order valence-corrected chi connectivity index (χ2v) is 12.7. The van der Waals surface area contributed by atoms with Gasteiger partial charge in [0, 0.05) is 42.6 Å². The van der Waals surface area contributed by atoms with Crippen LogP contribution in [0.3, 0.4) is 0 Å². The van der Waals surface area contributed by atoms with Crippen LogP contribution in [-0.2, 0) is 0 Å². The van der Waals surface area contributed by atoms with E-state index in [0.29, 0.717) is 0 Å². The molecule has 0 saturated heterocycles. The Balaban J connectivity index is 1.32. The molecule has 0 aliphatic carbocycles. The Morgan fingerprint density at radius 3 is 2.23 bits per heavy atom. The van der Waals surface area contributed by atoms with Gasteiger partial charge in [-0.05, 0) is 87.4 Å². The summed E-state index contributed by atoms with van der Waals surface area (Å²) >= 11 is 7.50. The van der Waals surface area contributed by atoms with Gasteiger partial charge in [0.25, 0.3) is 0 Å². The molecule has 2 heterocycles. The monoisotopic (exact) mass is 612 g/mol. The SMILES string of the molecule is Brc1c2ccccc2cc2c1sc1ccc(N(c3ccccc3)c3cccc(-c4nc5ccccc5s4)c3)cc12. The third-order valence-electron chi connectivity index (χ3n) is 7.32. The molecule has 6 aromatic carbocycles. The number of hydrogen-bond donors (Lipinski definition) is 0. The molecule has 0 aliphatic heterocycles. The van der Waals surface area contributed by atoms with Crippen LogP contribution in [-0.4, -0.2) is 4.98 Å². The fraction of sp³-hybridized carbons (Fsp3) is 0. The number of nitrogens with zero attached hydrogens (tertiary/aromatic N) is 2. The zero-order chi connectivity index (χ0) is 26.6. The average molecular weight is 614 g/mol. The van der Waals surface area contributed by atoms with E-state index in [1.807, 2.05) is 17.4 Å². The van der Waals surface area contributed by atoms with E-state index >= 15 is 0 Å². The maximum Gasteiger partial charge on any atom is 0.124 e. The van der Waals surface area contributed by atoms with Crippen LogP contribution < -0.4 is 4.90 Å². The van der Waals surface area contributed by atoms with Gasteiger partial charge < -0.3 is 4.90 Å². The number of anilines is 3. The average Bonchev–Trinajstić information content (AvgIpc) is 3.60. The first-order chi connectivity index (χ1) is 19.7. The van der Waals surface area contributed by atoms with Crippen molar-refractivity contribution in [1.82, 2.24) is 4.98 Å². The van der Waals surface area contributed by atoms with Crippen LogP contribution in [0.15, 0.2) is 132 Å². The fourth-order valence-electron chi connectivity index (χ4n) is 5.45. The second kappa shape index (κ2) is 9.56. The van der Waals surface area contributed by atoms with Gasteiger partial charge in [0.1, 0.15) is 5.01 Å². The first-order valence-electron chi connectivity index (χ1n) is 13.1. The minimum atomic E-state index is 1.03. The Morgan fingerprint density at radius 2 is 1.32 bits per heavy atom. The zero-order valence-electron chi connectivity index (χ0n) is 21.2. The molecule has 190 valence electrons. The Kier molecular flexibility index (Phi) is 5.69. The zero-order valence-corrected chi connectivity index (χ0v) is 24.4. The maximum absolute atomic E-state index is 4.93. The highest BCUT2D eigenvalue weighted by Crippen LogP contribution is 2.45. The fourth-order valence-corrected chi connectivity index (χ4v) is 8.34. The van der Waals surface area contributed by atoms with Crippen LogP contribution in [0.1, 0.15) is 0 Å². The van der Waals surface area contributed by atoms with Gasteiger partial charge in [-0.1, -0.05) is 66.7 Å². The summed E-state index contributed by atoms with van der Waals surface area (Å²) in [5, 5.41) is 6.08. The van der Waals surface area contributed by atoms with Crippen LogP contribution in [0.2, 0.25) is 0 Å². The predicted molar refractivity (Wildman–Crippen MR) is 178 cm³/mol. The summed E-state index contributed by atoms with van der Waals surface area (Å²) in [5.41, 5.74) is 5.52. The van der Waals surface area contributed by atoms with Gasteiger partial charge >= 0.3 is 0 Å². The molecule has 40 heavy (non-hydrogen) atoms. The largest absolute Gasteiger partial charge is 0.310 e. The summed E-state index contributed by atoms with van der Waals surface area (Å²) in [5.74, 6) is 0. The Hall–Kier alpha value is -4.03. The highest BCUT2D eigenvalue weighted by atomic mass is 79.9. The first-order valence-corrected chi connectivity index (χ1v) is 15.5. The molecule has 0 saturated carbocycles. The van der Waals surface area contributed by atoms with Crippen molar-refractivity contribution in [3.63, 3.8) is 0 Å². The van der Waals surface area contributed by atoms with E-state index in [1.54, 1.807) is 11.3 Å². The number of benzene rings is 6. The van der Waals surface area contributed by atoms with Crippen molar-refractivity contribution in [2.75, 3.05) is 4.90 Å². The molecular formula is C35H21BrN2S2. The van der Waals surface area contributed by atoms with Crippen LogP contribution >= 0.6 is 38.6 Å². The smallest absolute Gasteiger partial charge is 0.124 e. The minimum Gasteiger partial charge on any atom is -0.310 e. The highest BCUT2D eigenvalue weighted by molar-refractivity contribution is 9.11. The van der Waals surface area contributed by atoms with Gasteiger partial charge in [0.05, 0.1) is 14.9 Å². The van der Waals surface area contributed by atoms with Gasteiger partial charge in [-0.2, -0.15) is 0 Å². The number of thiophene rings is 1. The van der Waals surface area contributed by atoms with E-state index in [0.717, 1.165) is 33.1 Å². The van der Waals surface area contributed by atoms with Gasteiger partial charge in [-0.25, -0.2) is 4.98 Å². The molecule has 0 unspecified atom stereocenters. The molecule has 0 spiro atoms. The lowest BCUT2D eigenvalue weighted by molar-refractivity contribution is 1.29. The Labute approximate surface area is 247 Å². The van der Waals surface area contributed by atoms with Crippen molar-refractivity contribution in [3.05, 3.63) is 132 Å². The highest BCUT2D eigenvalue weighted by Gasteiger charge is 2.17. The number of hydrogen-bond acceptors (Lipinski definition) is 4. The van der Waals surface area contributed by atoms with Gasteiger partial charge in [0.2, 0.25) is 0 Å². The van der Waals surface area contributed by atoms with E-state index in [1.165, 1.54) is 40.1 Å². The number of rotatable bonds is 4. The standard InChI is InChI=1S/C35H21BrN2S2/c36-33-27-14-5-4-9-22(27)20-29-28-21-26(17-18-31(28)39-34(29)33)38(24-11-2-1-3-12-24)25-13-8-10-23(19-25)35-37-30-15-6-7-16-32(30)40-35/h1-21H. The molecule has 2 aromatic heterocycles. The molecule has 0 amide bonds. The summed E-state index contributed by atoms with van der Waals surface area (Å²) in [6, 6.07) is 45.4. The molecule has 0 bridgehead atoms. The summed E-state index contributed by atoms with van der Waals surface area (Å²) in [4.78, 5) is 7.27. The summed E-state index contributed by atoms with van der Waals surface area (Å²) in [6.45, 7) is 0. The third kappa shape index (κ3) is 3.93. The second-order valence-electron chi connectivity index (χ2n) is 9.78. The van der Waals surface area contributed by atoms with Crippen molar-refractivity contribution >= 4 is 96.8 Å². The van der Waals surface area contributed by atoms with E-state index in [2.05, 4.69) is 142 Å². The molecular weight excluding hydrogens is 592 g/mol. The van der Waals surface area contributed by atoms with Gasteiger partial charge in [-0.3, -0.25) is 0 Å². The number of aromatic nitrogens is 1. The number of thiazole rings is 1. The molecule has 0 fully saturated rings. The molecule has 8 rings (SSSR count). The van der Waals surface area contributed by atoms with Crippen molar-refractivity contribution in [1.29, 1.82) is 0 Å². The third-order valence-corrected chi connectivity index (χ3v) is 10.7. The van der Waals surface area contributed by atoms with Crippen molar-refractivity contribution in [3.8, 4) is 10.6 Å². The normalized spacial score (nSPS) is 11.6. The number of halogens is 1. The molecule has 0 aliphatic rings. The van der Waals surface area contributed by atoms with Gasteiger partial charge in [-0.15, -0.1) is 22.7 Å². The molecule has 2 nitrogen and oxygen atoms in total. The van der Waals surface area contributed by atoms with Crippen LogP contribution in [0, 0.1) is 0 Å². The summed E-state index contributed by atoms with van der Waals surface area (Å²) in [6.07, 6.45) is 0. The van der Waals surface area contributed by atoms with E-state index in [9.17, 15) is 0 Å². The molecule has 5 heteroatoms. The lowest BCUT2D eigenvalue weighted by atomic mass is 10.1. The molecule has 0 atom stereocenters. The van der Waals surface area contributed by atoms with Crippen LogP contribution in [0.5, 0.6) is 0 Å². The first kappa shape index (κ1) is 23.8. The number of para-hydroxylation sites is 2. The van der Waals surface area contributed by atoms with Crippen molar-refractivity contribution in [2.24, 2.45) is 0 Å². The lowest BCUT2D eigenvalue weighted by Gasteiger charge is -2.26. The Bertz CT molecular complexity index is 2160. The Morgan fingerprint density at radius 1 is 0.550 bits per heavy atom. The predicted octanol–water partition coefficient (Wildman–Crippen LogP) is 11.7. The van der Waals surface area contributed by atoms with Crippen molar-refractivity contribution in [2.45, 2.75) is 0 Å². The molecule has 0 N–H and O–H groups in total. The van der Waals surface area contributed by atoms with Gasteiger partial charge in [0.15, 0.2) is 0 Å². The quantitative estimate of drug-likeness (QED) is 0.196. The van der Waals surface area contributed by atoms with E-state index < -0.39 is 0 Å². The van der Waals surface area contributed by atoms with Crippen LogP contribution in [0.25, 0.3) is 51.7 Å². The number of fused-ring (bicyclic) bond motifs is 5. The summed E-state index contributed by atoms with van der Waals surface area (Å²) in [7, 11) is 0. The van der Waals surface area contributed by atoms with Crippen LogP contribution in [0.4, 0.5) is 17.1 Å². The van der Waals surface area contributed by atoms with Crippen molar-refractivity contribution < 1.29 is 0 Å². The minimum absolute atomic E-state index is 1.03. The molecule has 0 radical (unpaired) electrons. The van der Waals surface area contributed by atoms with E-state index in [4.69, 9.17) is 4.98 Å². The topological polar surface area (TPSA) is 16.1 Å².